The third-order valence-electron chi connectivity index (χ3n) is 2.67. The maximum Gasteiger partial charge on any atom is 0.116 e. The lowest BCUT2D eigenvalue weighted by atomic mass is 10.1. The third kappa shape index (κ3) is 2.48. The average Bonchev–Trinajstić information content (AvgIpc) is 2.34. The molecule has 0 unspecified atom stereocenters. The largest absolute Gasteiger partial charge is 0.508 e. The Hall–Kier alpha value is -2.22. The van der Waals surface area contributed by atoms with E-state index in [9.17, 15) is 5.11 Å². The molecule has 0 aliphatic rings. The molecule has 0 heterocycles. The molecule has 2 aromatic carbocycles. The van der Waals surface area contributed by atoms with Crippen LogP contribution >= 0.6 is 0 Å². The van der Waals surface area contributed by atoms with Gasteiger partial charge in [-0.2, -0.15) is 0 Å². The van der Waals surface area contributed by atoms with Gasteiger partial charge in [0.15, 0.2) is 0 Å². The average molecular weight is 225 g/mol. The highest BCUT2D eigenvalue weighted by Crippen LogP contribution is 2.26. The van der Waals surface area contributed by atoms with Gasteiger partial charge in [0.2, 0.25) is 0 Å². The minimum atomic E-state index is 0.246. The fourth-order valence-corrected chi connectivity index (χ4v) is 1.69. The van der Waals surface area contributed by atoms with Crippen LogP contribution in [0.25, 0.3) is 6.08 Å². The summed E-state index contributed by atoms with van der Waals surface area (Å²) in [6.07, 6.45) is 1.72. The summed E-state index contributed by atoms with van der Waals surface area (Å²) in [6.45, 7) is 5.80. The van der Waals surface area contributed by atoms with Crippen molar-refractivity contribution in [2.45, 2.75) is 6.92 Å². The number of rotatable bonds is 3. The Balaban J connectivity index is 2.36. The zero-order valence-electron chi connectivity index (χ0n) is 9.77. The summed E-state index contributed by atoms with van der Waals surface area (Å²) >= 11 is 0. The fraction of sp³-hybridized carbons (Fsp3) is 0.0667. The summed E-state index contributed by atoms with van der Waals surface area (Å²) in [5.74, 6) is 0.246. The van der Waals surface area contributed by atoms with Crippen LogP contribution < -0.4 is 5.32 Å². The van der Waals surface area contributed by atoms with Gasteiger partial charge in [-0.1, -0.05) is 30.9 Å². The molecule has 2 aromatic rings. The molecule has 2 N–H and O–H groups in total. The van der Waals surface area contributed by atoms with Crippen LogP contribution in [0.15, 0.2) is 49.0 Å². The van der Waals surface area contributed by atoms with Gasteiger partial charge in [-0.15, -0.1) is 0 Å². The minimum absolute atomic E-state index is 0.246. The van der Waals surface area contributed by atoms with Gasteiger partial charge >= 0.3 is 0 Å². The predicted molar refractivity (Wildman–Crippen MR) is 72.7 cm³/mol. The third-order valence-corrected chi connectivity index (χ3v) is 2.67. The highest BCUT2D eigenvalue weighted by atomic mass is 16.3. The fourth-order valence-electron chi connectivity index (χ4n) is 1.69. The normalized spacial score (nSPS) is 9.94. The molecule has 0 saturated carbocycles. The van der Waals surface area contributed by atoms with Crippen molar-refractivity contribution in [2.75, 3.05) is 5.32 Å². The number of phenolic OH excluding ortho intramolecular Hbond substituents is 1. The molecule has 0 bridgehead atoms. The molecule has 0 aliphatic heterocycles. The van der Waals surface area contributed by atoms with E-state index in [0.717, 1.165) is 16.9 Å². The number of hydrogen-bond donors (Lipinski definition) is 2. The quantitative estimate of drug-likeness (QED) is 0.771. The highest BCUT2D eigenvalue weighted by Gasteiger charge is 2.02. The van der Waals surface area contributed by atoms with E-state index < -0.39 is 0 Å². The molecule has 2 rings (SSSR count). The number of aryl methyl sites for hydroxylation is 1. The second-order valence-electron chi connectivity index (χ2n) is 3.92. The van der Waals surface area contributed by atoms with Gasteiger partial charge < -0.3 is 10.4 Å². The van der Waals surface area contributed by atoms with Gasteiger partial charge in [0.1, 0.15) is 5.75 Å². The Morgan fingerprint density at radius 2 is 1.88 bits per heavy atom. The molecule has 2 heteroatoms. The maximum absolute atomic E-state index is 9.41. The Morgan fingerprint density at radius 1 is 1.12 bits per heavy atom. The molecule has 0 saturated heterocycles. The van der Waals surface area contributed by atoms with Gasteiger partial charge in [-0.05, 0) is 36.8 Å². The van der Waals surface area contributed by atoms with E-state index in [4.69, 9.17) is 0 Å². The molecule has 0 amide bonds. The van der Waals surface area contributed by atoms with E-state index in [1.807, 2.05) is 24.3 Å². The SMILES string of the molecule is C=Cc1cc(O)ccc1Nc1ccccc1C. The van der Waals surface area contributed by atoms with E-state index >= 15 is 0 Å². The van der Waals surface area contributed by atoms with Gasteiger partial charge in [-0.25, -0.2) is 0 Å². The molecular weight excluding hydrogens is 210 g/mol. The molecule has 0 spiro atoms. The van der Waals surface area contributed by atoms with Crippen molar-refractivity contribution in [3.05, 3.63) is 60.2 Å². The van der Waals surface area contributed by atoms with Gasteiger partial charge in [-0.3, -0.25) is 0 Å². The van der Waals surface area contributed by atoms with Crippen LogP contribution in [0.3, 0.4) is 0 Å². The van der Waals surface area contributed by atoms with Crippen LogP contribution in [0.1, 0.15) is 11.1 Å². The first kappa shape index (κ1) is 11.3. The molecule has 86 valence electrons. The maximum atomic E-state index is 9.41. The van der Waals surface area contributed by atoms with E-state index in [-0.39, 0.29) is 5.75 Å². The van der Waals surface area contributed by atoms with Crippen LogP contribution in [0, 0.1) is 6.92 Å². The molecule has 0 aliphatic carbocycles. The number of para-hydroxylation sites is 1. The molecule has 0 aromatic heterocycles. The summed E-state index contributed by atoms with van der Waals surface area (Å²) in [7, 11) is 0. The number of phenols is 1. The summed E-state index contributed by atoms with van der Waals surface area (Å²) < 4.78 is 0. The van der Waals surface area contributed by atoms with Crippen molar-refractivity contribution in [3.63, 3.8) is 0 Å². The molecule has 0 radical (unpaired) electrons. The van der Waals surface area contributed by atoms with E-state index in [2.05, 4.69) is 24.9 Å². The number of benzene rings is 2. The lowest BCUT2D eigenvalue weighted by Crippen LogP contribution is -1.94. The second kappa shape index (κ2) is 4.74. The summed E-state index contributed by atoms with van der Waals surface area (Å²) in [4.78, 5) is 0. The Labute approximate surface area is 101 Å². The number of aromatic hydroxyl groups is 1. The molecule has 17 heavy (non-hydrogen) atoms. The minimum Gasteiger partial charge on any atom is -0.508 e. The van der Waals surface area contributed by atoms with Crippen molar-refractivity contribution in [2.24, 2.45) is 0 Å². The monoisotopic (exact) mass is 225 g/mol. The first-order chi connectivity index (χ1) is 8.20. The Kier molecular flexibility index (Phi) is 3.15. The molecular formula is C15H15NO. The smallest absolute Gasteiger partial charge is 0.116 e. The summed E-state index contributed by atoms with van der Waals surface area (Å²) in [6, 6.07) is 13.3. The molecule has 0 fully saturated rings. The van der Waals surface area contributed by atoms with E-state index in [1.54, 1.807) is 18.2 Å². The van der Waals surface area contributed by atoms with Gasteiger partial charge in [0.05, 0.1) is 0 Å². The zero-order valence-corrected chi connectivity index (χ0v) is 9.77. The van der Waals surface area contributed by atoms with Crippen LogP contribution in [0.2, 0.25) is 0 Å². The Morgan fingerprint density at radius 3 is 2.59 bits per heavy atom. The predicted octanol–water partition coefficient (Wildman–Crippen LogP) is 4.09. The van der Waals surface area contributed by atoms with Crippen molar-refractivity contribution >= 4 is 17.5 Å². The van der Waals surface area contributed by atoms with Crippen LogP contribution in [-0.2, 0) is 0 Å². The molecule has 2 nitrogen and oxygen atoms in total. The second-order valence-corrected chi connectivity index (χ2v) is 3.92. The van der Waals surface area contributed by atoms with Crippen molar-refractivity contribution in [1.82, 2.24) is 0 Å². The summed E-state index contributed by atoms with van der Waals surface area (Å²) in [5, 5.41) is 12.8. The number of hydrogen-bond acceptors (Lipinski definition) is 2. The number of nitrogens with one attached hydrogen (secondary N) is 1. The standard InChI is InChI=1S/C15H15NO/c1-3-12-10-13(17)8-9-15(12)16-14-7-5-4-6-11(14)2/h3-10,16-17H,1H2,2H3. The van der Waals surface area contributed by atoms with Crippen molar-refractivity contribution in [3.8, 4) is 5.75 Å². The lowest BCUT2D eigenvalue weighted by Gasteiger charge is -2.12. The van der Waals surface area contributed by atoms with Crippen molar-refractivity contribution < 1.29 is 5.11 Å². The lowest BCUT2D eigenvalue weighted by molar-refractivity contribution is 0.475. The first-order valence-corrected chi connectivity index (χ1v) is 5.49. The zero-order chi connectivity index (χ0) is 12.3. The first-order valence-electron chi connectivity index (χ1n) is 5.49. The van der Waals surface area contributed by atoms with Crippen LogP contribution in [-0.4, -0.2) is 5.11 Å². The van der Waals surface area contributed by atoms with Crippen molar-refractivity contribution in [1.29, 1.82) is 0 Å². The molecule has 0 atom stereocenters. The van der Waals surface area contributed by atoms with Gasteiger partial charge in [0.25, 0.3) is 0 Å². The van der Waals surface area contributed by atoms with E-state index in [1.165, 1.54) is 5.56 Å². The van der Waals surface area contributed by atoms with Gasteiger partial charge in [0, 0.05) is 16.9 Å². The van der Waals surface area contributed by atoms with Crippen LogP contribution in [0.5, 0.6) is 5.75 Å². The Bertz CT molecular complexity index is 546. The van der Waals surface area contributed by atoms with E-state index in [0.29, 0.717) is 0 Å². The topological polar surface area (TPSA) is 32.3 Å². The highest BCUT2D eigenvalue weighted by molar-refractivity contribution is 5.73. The number of anilines is 2. The summed E-state index contributed by atoms with van der Waals surface area (Å²) in [5.41, 5.74) is 4.05. The van der Waals surface area contributed by atoms with Crippen LogP contribution in [0.4, 0.5) is 11.4 Å².